The van der Waals surface area contributed by atoms with Gasteiger partial charge >= 0.3 is 0 Å². The Morgan fingerprint density at radius 2 is 1.50 bits per heavy atom. The number of nitrogens with zero attached hydrogens (tertiary/aromatic N) is 2. The fraction of sp³-hybridized carbons (Fsp3) is 0.462. The van der Waals surface area contributed by atoms with Crippen LogP contribution >= 0.6 is 0 Å². The van der Waals surface area contributed by atoms with Gasteiger partial charge in [0.25, 0.3) is 5.91 Å². The van der Waals surface area contributed by atoms with Crippen LogP contribution in [0.25, 0.3) is 0 Å². The van der Waals surface area contributed by atoms with E-state index in [4.69, 9.17) is 4.74 Å². The third-order valence-corrected chi connectivity index (χ3v) is 5.41. The van der Waals surface area contributed by atoms with Gasteiger partial charge in [0.05, 0.1) is 6.61 Å². The Morgan fingerprint density at radius 3 is 2.06 bits per heavy atom. The van der Waals surface area contributed by atoms with E-state index in [9.17, 15) is 9.59 Å². The number of nitrogens with one attached hydrogen (secondary N) is 1. The average molecular weight is 438 g/mol. The molecule has 6 heteroatoms. The highest BCUT2D eigenvalue weighted by Gasteiger charge is 2.21. The van der Waals surface area contributed by atoms with E-state index in [0.717, 1.165) is 43.3 Å². The summed E-state index contributed by atoms with van der Waals surface area (Å²) >= 11 is 0. The zero-order valence-corrected chi connectivity index (χ0v) is 19.6. The van der Waals surface area contributed by atoms with Gasteiger partial charge < -0.3 is 19.9 Å². The molecular formula is C26H35N3O3. The monoisotopic (exact) mass is 437 g/mol. The van der Waals surface area contributed by atoms with Crippen molar-refractivity contribution in [3.05, 3.63) is 54.1 Å². The van der Waals surface area contributed by atoms with Crippen molar-refractivity contribution in [2.24, 2.45) is 11.8 Å². The normalized spacial score (nSPS) is 14.1. The summed E-state index contributed by atoms with van der Waals surface area (Å²) in [4.78, 5) is 29.0. The van der Waals surface area contributed by atoms with Gasteiger partial charge in [-0.3, -0.25) is 9.59 Å². The number of benzene rings is 2. The third kappa shape index (κ3) is 6.74. The maximum absolute atomic E-state index is 12.6. The van der Waals surface area contributed by atoms with E-state index in [0.29, 0.717) is 30.4 Å². The molecule has 1 saturated heterocycles. The number of hydrogen-bond acceptors (Lipinski definition) is 4. The SMILES string of the molecule is CC(C)COc1ccc(C(=O)Nc2ccc(N3CCN(C(=O)CC(C)C)CC3)cc2)cc1. The van der Waals surface area contributed by atoms with Crippen LogP contribution in [0.4, 0.5) is 11.4 Å². The van der Waals surface area contributed by atoms with Crippen LogP contribution in [-0.2, 0) is 4.79 Å². The Labute approximate surface area is 191 Å². The molecule has 6 nitrogen and oxygen atoms in total. The highest BCUT2D eigenvalue weighted by atomic mass is 16.5. The summed E-state index contributed by atoms with van der Waals surface area (Å²) in [6, 6.07) is 15.1. The van der Waals surface area contributed by atoms with Gasteiger partial charge in [-0.25, -0.2) is 0 Å². The summed E-state index contributed by atoms with van der Waals surface area (Å²) < 4.78 is 5.67. The van der Waals surface area contributed by atoms with Crippen molar-refractivity contribution in [2.75, 3.05) is 43.0 Å². The molecule has 2 amide bonds. The molecule has 1 heterocycles. The molecule has 2 aromatic carbocycles. The van der Waals surface area contributed by atoms with Crippen molar-refractivity contribution in [1.82, 2.24) is 4.90 Å². The Bertz CT molecular complexity index is 884. The number of hydrogen-bond donors (Lipinski definition) is 1. The van der Waals surface area contributed by atoms with Crippen molar-refractivity contribution in [1.29, 1.82) is 0 Å². The van der Waals surface area contributed by atoms with Gasteiger partial charge in [0.2, 0.25) is 5.91 Å². The minimum Gasteiger partial charge on any atom is -0.493 e. The van der Waals surface area contributed by atoms with Gasteiger partial charge in [0.1, 0.15) is 5.75 Å². The summed E-state index contributed by atoms with van der Waals surface area (Å²) in [7, 11) is 0. The second-order valence-corrected chi connectivity index (χ2v) is 9.20. The summed E-state index contributed by atoms with van der Waals surface area (Å²) in [5, 5.41) is 2.95. The fourth-order valence-corrected chi connectivity index (χ4v) is 3.62. The van der Waals surface area contributed by atoms with E-state index in [1.165, 1.54) is 0 Å². The van der Waals surface area contributed by atoms with Crippen molar-refractivity contribution in [2.45, 2.75) is 34.1 Å². The molecule has 0 bridgehead atoms. The van der Waals surface area contributed by atoms with E-state index >= 15 is 0 Å². The zero-order chi connectivity index (χ0) is 23.1. The second-order valence-electron chi connectivity index (χ2n) is 9.20. The molecule has 0 unspecified atom stereocenters. The molecule has 1 aliphatic rings. The Hall–Kier alpha value is -3.02. The largest absolute Gasteiger partial charge is 0.493 e. The molecular weight excluding hydrogens is 402 g/mol. The first-order chi connectivity index (χ1) is 15.3. The van der Waals surface area contributed by atoms with Crippen LogP contribution in [0.2, 0.25) is 0 Å². The molecule has 3 rings (SSSR count). The van der Waals surface area contributed by atoms with Crippen LogP contribution in [0.3, 0.4) is 0 Å². The molecule has 172 valence electrons. The lowest BCUT2D eigenvalue weighted by Gasteiger charge is -2.36. The van der Waals surface area contributed by atoms with Gasteiger partial charge in [0, 0.05) is 49.5 Å². The van der Waals surface area contributed by atoms with Crippen LogP contribution in [-0.4, -0.2) is 49.5 Å². The van der Waals surface area contributed by atoms with Crippen molar-refractivity contribution >= 4 is 23.2 Å². The van der Waals surface area contributed by atoms with E-state index in [1.54, 1.807) is 12.1 Å². The Balaban J connectivity index is 1.50. The molecule has 1 fully saturated rings. The maximum Gasteiger partial charge on any atom is 0.255 e. The van der Waals surface area contributed by atoms with Crippen molar-refractivity contribution < 1.29 is 14.3 Å². The number of ether oxygens (including phenoxy) is 1. The van der Waals surface area contributed by atoms with Crippen LogP contribution < -0.4 is 15.0 Å². The molecule has 2 aromatic rings. The predicted octanol–water partition coefficient (Wildman–Crippen LogP) is 4.67. The average Bonchev–Trinajstić information content (AvgIpc) is 2.78. The third-order valence-electron chi connectivity index (χ3n) is 5.41. The standard InChI is InChI=1S/C26H35N3O3/c1-19(2)17-25(30)29-15-13-28(14-16-29)23-9-7-22(8-10-23)27-26(31)21-5-11-24(12-6-21)32-18-20(3)4/h5-12,19-20H,13-18H2,1-4H3,(H,27,31). The summed E-state index contributed by atoms with van der Waals surface area (Å²) in [6.07, 6.45) is 0.613. The fourth-order valence-electron chi connectivity index (χ4n) is 3.62. The summed E-state index contributed by atoms with van der Waals surface area (Å²) in [5.74, 6) is 1.71. The molecule has 0 aliphatic carbocycles. The number of anilines is 2. The topological polar surface area (TPSA) is 61.9 Å². The van der Waals surface area contributed by atoms with Crippen LogP contribution in [0.1, 0.15) is 44.5 Å². The lowest BCUT2D eigenvalue weighted by molar-refractivity contribution is -0.132. The maximum atomic E-state index is 12.6. The van der Waals surface area contributed by atoms with Gasteiger partial charge in [-0.15, -0.1) is 0 Å². The van der Waals surface area contributed by atoms with Crippen LogP contribution in [0, 0.1) is 11.8 Å². The first-order valence-electron chi connectivity index (χ1n) is 11.5. The number of carbonyl (C=O) groups excluding carboxylic acids is 2. The predicted molar refractivity (Wildman–Crippen MR) is 129 cm³/mol. The highest BCUT2D eigenvalue weighted by molar-refractivity contribution is 6.04. The van der Waals surface area contributed by atoms with Gasteiger partial charge in [0.15, 0.2) is 0 Å². The van der Waals surface area contributed by atoms with Gasteiger partial charge in [-0.1, -0.05) is 27.7 Å². The lowest BCUT2D eigenvalue weighted by atomic mass is 10.1. The zero-order valence-electron chi connectivity index (χ0n) is 19.6. The molecule has 32 heavy (non-hydrogen) atoms. The number of rotatable bonds is 8. The van der Waals surface area contributed by atoms with Gasteiger partial charge in [-0.2, -0.15) is 0 Å². The molecule has 1 N–H and O–H groups in total. The molecule has 0 aromatic heterocycles. The summed E-state index contributed by atoms with van der Waals surface area (Å²) in [5.41, 5.74) is 2.45. The summed E-state index contributed by atoms with van der Waals surface area (Å²) in [6.45, 7) is 12.1. The van der Waals surface area contributed by atoms with E-state index in [-0.39, 0.29) is 11.8 Å². The van der Waals surface area contributed by atoms with Crippen LogP contribution in [0.15, 0.2) is 48.5 Å². The Morgan fingerprint density at radius 1 is 0.875 bits per heavy atom. The molecule has 0 atom stereocenters. The number of carbonyl (C=O) groups is 2. The number of piperazine rings is 1. The molecule has 0 saturated carbocycles. The van der Waals surface area contributed by atoms with Crippen molar-refractivity contribution in [3.63, 3.8) is 0 Å². The lowest BCUT2D eigenvalue weighted by Crippen LogP contribution is -2.49. The van der Waals surface area contributed by atoms with Gasteiger partial charge in [-0.05, 0) is 60.4 Å². The minimum atomic E-state index is -0.148. The Kier molecular flexibility index (Phi) is 8.14. The molecule has 0 radical (unpaired) electrons. The quantitative estimate of drug-likeness (QED) is 0.652. The molecule has 1 aliphatic heterocycles. The van der Waals surface area contributed by atoms with E-state index < -0.39 is 0 Å². The van der Waals surface area contributed by atoms with Crippen LogP contribution in [0.5, 0.6) is 5.75 Å². The minimum absolute atomic E-state index is 0.148. The van der Waals surface area contributed by atoms with Crippen molar-refractivity contribution in [3.8, 4) is 5.75 Å². The molecule has 0 spiro atoms. The smallest absolute Gasteiger partial charge is 0.255 e. The second kappa shape index (κ2) is 11.0. The number of amides is 2. The van der Waals surface area contributed by atoms with E-state index in [2.05, 4.69) is 37.9 Å². The first-order valence-corrected chi connectivity index (χ1v) is 11.5. The highest BCUT2D eigenvalue weighted by Crippen LogP contribution is 2.21. The van der Waals surface area contributed by atoms with E-state index in [1.807, 2.05) is 41.3 Å². The first kappa shape index (κ1) is 23.6.